The van der Waals surface area contributed by atoms with Gasteiger partial charge in [-0.2, -0.15) is 0 Å². The van der Waals surface area contributed by atoms with Crippen molar-refractivity contribution in [2.24, 2.45) is 11.8 Å². The third-order valence-electron chi connectivity index (χ3n) is 3.97. The molecule has 2 fully saturated rings. The second-order valence-corrected chi connectivity index (χ2v) is 5.14. The fraction of sp³-hybridized carbons (Fsp3) is 1.00. The van der Waals surface area contributed by atoms with Gasteiger partial charge in [0.2, 0.25) is 0 Å². The van der Waals surface area contributed by atoms with Crippen molar-refractivity contribution in [2.75, 3.05) is 13.1 Å². The summed E-state index contributed by atoms with van der Waals surface area (Å²) in [6.45, 7) is 1.84. The number of piperidine rings is 1. The highest BCUT2D eigenvalue weighted by atomic mass is 19.3. The van der Waals surface area contributed by atoms with Crippen LogP contribution < -0.4 is 5.32 Å². The number of hydrogen-bond donors (Lipinski definition) is 1. The van der Waals surface area contributed by atoms with Crippen LogP contribution in [0.15, 0.2) is 0 Å². The predicted octanol–water partition coefficient (Wildman–Crippen LogP) is 3.20. The molecule has 0 aromatic rings. The summed E-state index contributed by atoms with van der Waals surface area (Å²) in [7, 11) is 0. The van der Waals surface area contributed by atoms with E-state index in [2.05, 4.69) is 5.32 Å². The topological polar surface area (TPSA) is 12.0 Å². The van der Waals surface area contributed by atoms with E-state index in [4.69, 9.17) is 0 Å². The van der Waals surface area contributed by atoms with Crippen molar-refractivity contribution in [2.45, 2.75) is 50.9 Å². The van der Waals surface area contributed by atoms with E-state index in [1.54, 1.807) is 0 Å². The van der Waals surface area contributed by atoms with Gasteiger partial charge in [-0.15, -0.1) is 0 Å². The first-order valence-corrected chi connectivity index (χ1v) is 6.27. The molecule has 0 amide bonds. The number of rotatable bonds is 3. The minimum Gasteiger partial charge on any atom is -0.317 e. The quantitative estimate of drug-likeness (QED) is 0.765. The lowest BCUT2D eigenvalue weighted by molar-refractivity contribution is -0.0775. The van der Waals surface area contributed by atoms with Gasteiger partial charge in [-0.1, -0.05) is 12.8 Å². The zero-order valence-corrected chi connectivity index (χ0v) is 9.27. The first-order chi connectivity index (χ1) is 7.18. The number of halogens is 2. The number of alkyl halides is 2. The maximum atomic E-state index is 13.9. The van der Waals surface area contributed by atoms with Crippen molar-refractivity contribution in [1.29, 1.82) is 0 Å². The Labute approximate surface area is 90.6 Å². The molecule has 1 N–H and O–H groups in total. The molecule has 1 nitrogen and oxygen atoms in total. The van der Waals surface area contributed by atoms with E-state index in [0.717, 1.165) is 51.6 Å². The third-order valence-corrected chi connectivity index (χ3v) is 3.97. The molecule has 0 bridgehead atoms. The SMILES string of the molecule is FC(F)(CC1CCNCC1)C1CCCC1. The van der Waals surface area contributed by atoms with Crippen molar-refractivity contribution < 1.29 is 8.78 Å². The lowest BCUT2D eigenvalue weighted by atomic mass is 9.86. The van der Waals surface area contributed by atoms with Crippen LogP contribution in [0.3, 0.4) is 0 Å². The Kier molecular flexibility index (Phi) is 3.60. The van der Waals surface area contributed by atoms with Gasteiger partial charge in [0.1, 0.15) is 0 Å². The molecule has 1 saturated heterocycles. The van der Waals surface area contributed by atoms with Crippen LogP contribution in [0, 0.1) is 11.8 Å². The monoisotopic (exact) mass is 217 g/mol. The fourth-order valence-electron chi connectivity index (χ4n) is 2.99. The molecule has 2 rings (SSSR count). The molecule has 1 saturated carbocycles. The van der Waals surface area contributed by atoms with Gasteiger partial charge in [0.05, 0.1) is 0 Å². The van der Waals surface area contributed by atoms with Crippen LogP contribution in [0.2, 0.25) is 0 Å². The summed E-state index contributed by atoms with van der Waals surface area (Å²) < 4.78 is 27.8. The zero-order chi connectivity index (χ0) is 10.7. The van der Waals surface area contributed by atoms with Gasteiger partial charge in [0, 0.05) is 12.3 Å². The molecular weight excluding hydrogens is 196 g/mol. The van der Waals surface area contributed by atoms with E-state index in [1.165, 1.54) is 0 Å². The van der Waals surface area contributed by atoms with E-state index >= 15 is 0 Å². The smallest absolute Gasteiger partial charge is 0.251 e. The predicted molar refractivity (Wildman–Crippen MR) is 57.1 cm³/mol. The molecule has 0 atom stereocenters. The second kappa shape index (κ2) is 4.77. The summed E-state index contributed by atoms with van der Waals surface area (Å²) >= 11 is 0. The Hall–Kier alpha value is -0.180. The molecule has 15 heavy (non-hydrogen) atoms. The molecule has 88 valence electrons. The van der Waals surface area contributed by atoms with Gasteiger partial charge in [-0.3, -0.25) is 0 Å². The lowest BCUT2D eigenvalue weighted by Crippen LogP contribution is -2.34. The summed E-state index contributed by atoms with van der Waals surface area (Å²) in [6.07, 6.45) is 5.51. The highest BCUT2D eigenvalue weighted by molar-refractivity contribution is 4.84. The highest BCUT2D eigenvalue weighted by Gasteiger charge is 2.42. The molecule has 0 spiro atoms. The van der Waals surface area contributed by atoms with E-state index in [1.807, 2.05) is 0 Å². The van der Waals surface area contributed by atoms with Crippen molar-refractivity contribution in [3.05, 3.63) is 0 Å². The maximum absolute atomic E-state index is 13.9. The standard InChI is InChI=1S/C12H21F2N/c13-12(14,11-3-1-2-4-11)9-10-5-7-15-8-6-10/h10-11,15H,1-9H2. The first kappa shape index (κ1) is 11.3. The summed E-state index contributed by atoms with van der Waals surface area (Å²) in [5.74, 6) is -2.45. The Morgan fingerprint density at radius 1 is 1.00 bits per heavy atom. The summed E-state index contributed by atoms with van der Waals surface area (Å²) in [4.78, 5) is 0. The maximum Gasteiger partial charge on any atom is 0.251 e. The van der Waals surface area contributed by atoms with Gasteiger partial charge in [0.15, 0.2) is 0 Å². The Morgan fingerprint density at radius 3 is 2.20 bits per heavy atom. The van der Waals surface area contributed by atoms with Crippen molar-refractivity contribution >= 4 is 0 Å². The van der Waals surface area contributed by atoms with Crippen LogP contribution in [0.25, 0.3) is 0 Å². The fourth-order valence-corrected chi connectivity index (χ4v) is 2.99. The van der Waals surface area contributed by atoms with Crippen molar-refractivity contribution in [3.63, 3.8) is 0 Å². The average Bonchev–Trinajstić information content (AvgIpc) is 2.71. The molecule has 0 aromatic carbocycles. The van der Waals surface area contributed by atoms with Gasteiger partial charge in [0.25, 0.3) is 5.92 Å². The van der Waals surface area contributed by atoms with Crippen LogP contribution in [-0.2, 0) is 0 Å². The largest absolute Gasteiger partial charge is 0.317 e. The Bertz CT molecular complexity index is 194. The van der Waals surface area contributed by atoms with Crippen LogP contribution in [0.4, 0.5) is 8.78 Å². The van der Waals surface area contributed by atoms with Crippen molar-refractivity contribution in [3.8, 4) is 0 Å². The lowest BCUT2D eigenvalue weighted by Gasteiger charge is -2.30. The highest BCUT2D eigenvalue weighted by Crippen LogP contribution is 2.42. The number of nitrogens with one attached hydrogen (secondary N) is 1. The second-order valence-electron chi connectivity index (χ2n) is 5.14. The van der Waals surface area contributed by atoms with Crippen molar-refractivity contribution in [1.82, 2.24) is 5.32 Å². The van der Waals surface area contributed by atoms with E-state index in [-0.39, 0.29) is 18.3 Å². The number of hydrogen-bond acceptors (Lipinski definition) is 1. The van der Waals surface area contributed by atoms with E-state index in [0.29, 0.717) is 0 Å². The van der Waals surface area contributed by atoms with Gasteiger partial charge >= 0.3 is 0 Å². The molecule has 1 heterocycles. The molecule has 0 aromatic heterocycles. The van der Waals surface area contributed by atoms with Crippen LogP contribution >= 0.6 is 0 Å². The van der Waals surface area contributed by atoms with Gasteiger partial charge in [-0.25, -0.2) is 8.78 Å². The molecule has 3 heteroatoms. The molecule has 0 radical (unpaired) electrons. The Morgan fingerprint density at radius 2 is 1.60 bits per heavy atom. The average molecular weight is 217 g/mol. The van der Waals surface area contributed by atoms with Crippen LogP contribution in [0.1, 0.15) is 44.9 Å². The van der Waals surface area contributed by atoms with Gasteiger partial charge in [-0.05, 0) is 44.7 Å². The third kappa shape index (κ3) is 2.90. The molecule has 1 aliphatic carbocycles. The van der Waals surface area contributed by atoms with Crippen LogP contribution in [0.5, 0.6) is 0 Å². The van der Waals surface area contributed by atoms with Crippen LogP contribution in [-0.4, -0.2) is 19.0 Å². The summed E-state index contributed by atoms with van der Waals surface area (Å²) in [5, 5.41) is 3.23. The zero-order valence-electron chi connectivity index (χ0n) is 9.27. The first-order valence-electron chi connectivity index (χ1n) is 6.27. The van der Waals surface area contributed by atoms with Gasteiger partial charge < -0.3 is 5.32 Å². The normalized spacial score (nSPS) is 26.0. The summed E-state index contributed by atoms with van der Waals surface area (Å²) in [5.41, 5.74) is 0. The van der Waals surface area contributed by atoms with E-state index < -0.39 is 5.92 Å². The Balaban J connectivity index is 1.84. The minimum atomic E-state index is -2.39. The molecule has 1 aliphatic heterocycles. The molecular formula is C12H21F2N. The molecule has 2 aliphatic rings. The summed E-state index contributed by atoms with van der Waals surface area (Å²) in [6, 6.07) is 0. The minimum absolute atomic E-state index is 0.138. The molecule has 0 unspecified atom stereocenters. The van der Waals surface area contributed by atoms with E-state index in [9.17, 15) is 8.78 Å².